The first kappa shape index (κ1) is 29.9. The summed E-state index contributed by atoms with van der Waals surface area (Å²) >= 11 is 0. The van der Waals surface area contributed by atoms with Crippen molar-refractivity contribution in [3.05, 3.63) is 23.3 Å². The molecule has 0 aromatic carbocycles. The number of rotatable bonds is 11. The van der Waals surface area contributed by atoms with E-state index in [9.17, 15) is 4.79 Å². The van der Waals surface area contributed by atoms with E-state index in [1.165, 1.54) is 11.1 Å². The Kier molecular flexibility index (Phi) is 11.8. The van der Waals surface area contributed by atoms with Gasteiger partial charge in [-0.3, -0.25) is 4.79 Å². The maximum Gasteiger partial charge on any atom is 0.225 e. The van der Waals surface area contributed by atoms with Gasteiger partial charge >= 0.3 is 0 Å². The third-order valence-electron chi connectivity index (χ3n) is 5.60. The summed E-state index contributed by atoms with van der Waals surface area (Å²) in [6.45, 7) is 30.9. The minimum Gasteiger partial charge on any atom is -0.374 e. The molecule has 0 fully saturated rings. The summed E-state index contributed by atoms with van der Waals surface area (Å²) in [7, 11) is 0. The molecule has 0 aliphatic rings. The molecule has 4 unspecified atom stereocenters. The quantitative estimate of drug-likeness (QED) is 0.360. The van der Waals surface area contributed by atoms with Crippen LogP contribution in [0.1, 0.15) is 103 Å². The molecule has 0 aliphatic carbocycles. The van der Waals surface area contributed by atoms with Crippen molar-refractivity contribution >= 4 is 5.91 Å². The number of amides is 1. The van der Waals surface area contributed by atoms with Crippen LogP contribution in [0, 0.1) is 11.3 Å². The summed E-state index contributed by atoms with van der Waals surface area (Å²) < 4.78 is 12.6. The number of ether oxygens (including phenoxy) is 2. The molecule has 4 nitrogen and oxygen atoms in total. The molecule has 0 bridgehead atoms. The van der Waals surface area contributed by atoms with E-state index in [0.717, 1.165) is 18.4 Å². The van der Waals surface area contributed by atoms with Gasteiger partial charge in [0, 0.05) is 5.41 Å². The van der Waals surface area contributed by atoms with Crippen LogP contribution in [0.4, 0.5) is 0 Å². The van der Waals surface area contributed by atoms with Gasteiger partial charge in [0.15, 0.2) is 0 Å². The van der Waals surface area contributed by atoms with E-state index < -0.39 is 5.41 Å². The van der Waals surface area contributed by atoms with Crippen molar-refractivity contribution < 1.29 is 14.3 Å². The lowest BCUT2D eigenvalue weighted by atomic mass is 9.87. The van der Waals surface area contributed by atoms with Crippen LogP contribution in [0.2, 0.25) is 0 Å². The monoisotopic (exact) mass is 437 g/mol. The lowest BCUT2D eigenvalue weighted by Gasteiger charge is -2.36. The van der Waals surface area contributed by atoms with Crippen LogP contribution in [0.15, 0.2) is 23.3 Å². The van der Waals surface area contributed by atoms with E-state index in [4.69, 9.17) is 9.47 Å². The van der Waals surface area contributed by atoms with Crippen molar-refractivity contribution in [1.29, 1.82) is 0 Å². The molecule has 182 valence electrons. The highest BCUT2D eigenvalue weighted by molar-refractivity contribution is 5.81. The van der Waals surface area contributed by atoms with Gasteiger partial charge in [-0.15, -0.1) is 0 Å². The highest BCUT2D eigenvalue weighted by Gasteiger charge is 2.32. The van der Waals surface area contributed by atoms with Crippen LogP contribution < -0.4 is 5.32 Å². The number of allylic oxidation sites excluding steroid dienone is 2. The second kappa shape index (κ2) is 12.2. The molecular weight excluding hydrogens is 386 g/mol. The predicted octanol–water partition coefficient (Wildman–Crippen LogP) is 6.84. The zero-order valence-electron chi connectivity index (χ0n) is 22.7. The van der Waals surface area contributed by atoms with Gasteiger partial charge in [-0.2, -0.15) is 0 Å². The van der Waals surface area contributed by atoms with Gasteiger partial charge in [0.2, 0.25) is 5.91 Å². The molecule has 0 saturated carbocycles. The second-order valence-corrected chi connectivity index (χ2v) is 11.6. The van der Waals surface area contributed by atoms with Gasteiger partial charge < -0.3 is 14.8 Å². The molecular formula is C27H51NO3. The van der Waals surface area contributed by atoms with Gasteiger partial charge in [0.05, 0.1) is 30.0 Å². The minimum atomic E-state index is -0.446. The molecule has 1 N–H and O–H groups in total. The Morgan fingerprint density at radius 1 is 0.968 bits per heavy atom. The molecule has 0 radical (unpaired) electrons. The summed E-state index contributed by atoms with van der Waals surface area (Å²) in [5, 5.41) is 3.26. The summed E-state index contributed by atoms with van der Waals surface area (Å²) in [6.07, 6.45) is 1.68. The van der Waals surface area contributed by atoms with Crippen molar-refractivity contribution in [2.75, 3.05) is 0 Å². The summed E-state index contributed by atoms with van der Waals surface area (Å²) in [6, 6.07) is -0.0817. The van der Waals surface area contributed by atoms with E-state index in [1.54, 1.807) is 0 Å². The van der Waals surface area contributed by atoms with Gasteiger partial charge in [0.25, 0.3) is 0 Å². The van der Waals surface area contributed by atoms with Gasteiger partial charge in [-0.05, 0) is 86.6 Å². The summed E-state index contributed by atoms with van der Waals surface area (Å²) in [5.74, 6) is 0.280. The lowest BCUT2D eigenvalue weighted by Crippen LogP contribution is -2.49. The average Bonchev–Trinajstić information content (AvgIpc) is 2.56. The van der Waals surface area contributed by atoms with Gasteiger partial charge in [-0.1, -0.05) is 45.4 Å². The Bertz CT molecular complexity index is 619. The molecule has 0 spiro atoms. The number of nitrogens with one attached hydrogen (secondary N) is 1. The zero-order chi connectivity index (χ0) is 24.7. The van der Waals surface area contributed by atoms with Crippen LogP contribution >= 0.6 is 0 Å². The van der Waals surface area contributed by atoms with E-state index in [0.29, 0.717) is 0 Å². The molecule has 1 amide bonds. The van der Waals surface area contributed by atoms with E-state index in [1.807, 2.05) is 41.5 Å². The summed E-state index contributed by atoms with van der Waals surface area (Å²) in [4.78, 5) is 12.8. The Hall–Kier alpha value is -1.13. The highest BCUT2D eigenvalue weighted by Crippen LogP contribution is 2.29. The normalized spacial score (nSPS) is 17.6. The highest BCUT2D eigenvalue weighted by atomic mass is 16.5. The van der Waals surface area contributed by atoms with Crippen molar-refractivity contribution in [2.45, 2.75) is 133 Å². The van der Waals surface area contributed by atoms with Crippen molar-refractivity contribution in [3.63, 3.8) is 0 Å². The first-order chi connectivity index (χ1) is 13.8. The third kappa shape index (κ3) is 11.9. The Labute approximate surface area is 193 Å². The second-order valence-electron chi connectivity index (χ2n) is 11.6. The molecule has 0 saturated heterocycles. The third-order valence-corrected chi connectivity index (χ3v) is 5.60. The smallest absolute Gasteiger partial charge is 0.225 e. The molecule has 0 heterocycles. The number of hydrogen-bond acceptors (Lipinski definition) is 3. The molecule has 0 aromatic rings. The molecule has 31 heavy (non-hydrogen) atoms. The number of hydrogen-bond donors (Lipinski definition) is 1. The zero-order valence-corrected chi connectivity index (χ0v) is 22.7. The van der Waals surface area contributed by atoms with E-state index in [2.05, 4.69) is 60.4 Å². The van der Waals surface area contributed by atoms with Crippen LogP contribution in [0.3, 0.4) is 0 Å². The fourth-order valence-electron chi connectivity index (χ4n) is 3.46. The SMILES string of the molecule is C=C(C)/C(C)=C(\C)CC(OC(C)(C)C)C(C)CC(NC(=O)C(C)(C)C)C(C)OC(C)C. The standard InChI is InChI=1S/C27H51NO3/c1-17(2)21(7)19(5)16-24(31-27(12,13)14)20(6)15-23(22(8)30-18(3)4)28-25(29)26(9,10)11/h18,20,22-24H,1,15-16H2,2-14H3,(H,28,29)/b21-19+. The Balaban J connectivity index is 5.76. The van der Waals surface area contributed by atoms with Crippen LogP contribution in [0.25, 0.3) is 0 Å². The maximum atomic E-state index is 12.8. The fourth-order valence-corrected chi connectivity index (χ4v) is 3.46. The van der Waals surface area contributed by atoms with Gasteiger partial charge in [-0.25, -0.2) is 0 Å². The Morgan fingerprint density at radius 2 is 1.48 bits per heavy atom. The van der Waals surface area contributed by atoms with Crippen molar-refractivity contribution in [1.82, 2.24) is 5.32 Å². The molecule has 4 atom stereocenters. The van der Waals surface area contributed by atoms with Gasteiger partial charge in [0.1, 0.15) is 0 Å². The summed E-state index contributed by atoms with van der Waals surface area (Å²) in [5.41, 5.74) is 2.94. The lowest BCUT2D eigenvalue weighted by molar-refractivity contribution is -0.131. The molecule has 0 aliphatic heterocycles. The van der Waals surface area contributed by atoms with Crippen LogP contribution in [-0.4, -0.2) is 35.9 Å². The first-order valence-electron chi connectivity index (χ1n) is 11.8. The molecule has 0 aromatic heterocycles. The van der Waals surface area contributed by atoms with Crippen molar-refractivity contribution in [2.24, 2.45) is 11.3 Å². The van der Waals surface area contributed by atoms with E-state index >= 15 is 0 Å². The molecule has 4 heteroatoms. The maximum absolute atomic E-state index is 12.8. The minimum absolute atomic E-state index is 0.0367. The fraction of sp³-hybridized carbons (Fsp3) is 0.815. The van der Waals surface area contributed by atoms with E-state index in [-0.39, 0.29) is 41.8 Å². The first-order valence-corrected chi connectivity index (χ1v) is 11.8. The average molecular weight is 438 g/mol. The topological polar surface area (TPSA) is 47.6 Å². The molecule has 0 rings (SSSR count). The van der Waals surface area contributed by atoms with Crippen molar-refractivity contribution in [3.8, 4) is 0 Å². The number of carbonyl (C=O) groups is 1. The predicted molar refractivity (Wildman–Crippen MR) is 133 cm³/mol. The largest absolute Gasteiger partial charge is 0.374 e. The van der Waals surface area contributed by atoms with Crippen LogP contribution in [-0.2, 0) is 14.3 Å². The van der Waals surface area contributed by atoms with Crippen LogP contribution in [0.5, 0.6) is 0 Å². The Morgan fingerprint density at radius 3 is 1.87 bits per heavy atom. The number of carbonyl (C=O) groups excluding carboxylic acids is 1.